The molecule has 1 spiro atoms. The molecule has 1 aliphatic carbocycles. The Labute approximate surface area is 72.7 Å². The van der Waals surface area contributed by atoms with E-state index in [9.17, 15) is 0 Å². The van der Waals surface area contributed by atoms with Gasteiger partial charge in [-0.3, -0.25) is 0 Å². The second-order valence-corrected chi connectivity index (χ2v) is 3.75. The van der Waals surface area contributed by atoms with E-state index in [4.69, 9.17) is 14.6 Å². The molecule has 1 unspecified atom stereocenters. The van der Waals surface area contributed by atoms with Gasteiger partial charge in [-0.25, -0.2) is 0 Å². The molecule has 0 aromatic heterocycles. The number of hydrogen-bond acceptors (Lipinski definition) is 3. The monoisotopic (exact) mass is 172 g/mol. The Morgan fingerprint density at radius 3 is 2.75 bits per heavy atom. The predicted molar refractivity (Wildman–Crippen MR) is 43.7 cm³/mol. The van der Waals surface area contributed by atoms with E-state index in [1.165, 1.54) is 0 Å². The fourth-order valence-electron chi connectivity index (χ4n) is 2.22. The zero-order valence-electron chi connectivity index (χ0n) is 7.29. The predicted octanol–water partition coefficient (Wildman–Crippen LogP) is 0.912. The molecule has 1 aliphatic heterocycles. The first-order valence-corrected chi connectivity index (χ1v) is 4.73. The van der Waals surface area contributed by atoms with Gasteiger partial charge < -0.3 is 14.6 Å². The van der Waals surface area contributed by atoms with E-state index in [0.717, 1.165) is 38.9 Å². The van der Waals surface area contributed by atoms with Crippen LogP contribution >= 0.6 is 0 Å². The van der Waals surface area contributed by atoms with Gasteiger partial charge in [0.25, 0.3) is 0 Å². The highest BCUT2D eigenvalue weighted by Gasteiger charge is 2.40. The minimum Gasteiger partial charge on any atom is -0.396 e. The lowest BCUT2D eigenvalue weighted by atomic mass is 9.85. The summed E-state index contributed by atoms with van der Waals surface area (Å²) in [4.78, 5) is 0. The Bertz CT molecular complexity index is 152. The zero-order chi connectivity index (χ0) is 8.44. The van der Waals surface area contributed by atoms with Crippen LogP contribution in [0.2, 0.25) is 0 Å². The molecule has 0 aromatic rings. The summed E-state index contributed by atoms with van der Waals surface area (Å²) in [6, 6.07) is 0. The molecule has 1 saturated heterocycles. The summed E-state index contributed by atoms with van der Waals surface area (Å²) in [6.07, 6.45) is 4.11. The van der Waals surface area contributed by atoms with Crippen LogP contribution in [0.1, 0.15) is 25.7 Å². The summed E-state index contributed by atoms with van der Waals surface area (Å²) in [5.74, 6) is 0.0721. The first-order valence-electron chi connectivity index (χ1n) is 4.73. The Hall–Kier alpha value is -0.120. The number of rotatable bonds is 1. The van der Waals surface area contributed by atoms with Gasteiger partial charge in [0.05, 0.1) is 13.2 Å². The largest absolute Gasteiger partial charge is 0.396 e. The van der Waals surface area contributed by atoms with Crippen LogP contribution in [-0.4, -0.2) is 30.7 Å². The summed E-state index contributed by atoms with van der Waals surface area (Å²) in [5, 5.41) is 9.02. The third-order valence-electron chi connectivity index (χ3n) is 2.84. The highest BCUT2D eigenvalue weighted by molar-refractivity contribution is 4.82. The highest BCUT2D eigenvalue weighted by atomic mass is 16.7. The standard InChI is InChI=1S/C9H16O3/c10-7-8-2-1-3-9(6-8)11-4-5-12-9/h8,10H,1-7H2. The van der Waals surface area contributed by atoms with E-state index < -0.39 is 0 Å². The fourth-order valence-corrected chi connectivity index (χ4v) is 2.22. The van der Waals surface area contributed by atoms with Crippen molar-refractivity contribution in [2.45, 2.75) is 31.5 Å². The minimum absolute atomic E-state index is 0.272. The third kappa shape index (κ3) is 1.49. The molecule has 70 valence electrons. The van der Waals surface area contributed by atoms with Crippen molar-refractivity contribution >= 4 is 0 Å². The second-order valence-electron chi connectivity index (χ2n) is 3.75. The number of aliphatic hydroxyl groups is 1. The van der Waals surface area contributed by atoms with Crippen LogP contribution in [0.25, 0.3) is 0 Å². The van der Waals surface area contributed by atoms with E-state index >= 15 is 0 Å². The maximum atomic E-state index is 9.02. The van der Waals surface area contributed by atoms with Crippen molar-refractivity contribution in [3.05, 3.63) is 0 Å². The Morgan fingerprint density at radius 1 is 1.33 bits per heavy atom. The van der Waals surface area contributed by atoms with Gasteiger partial charge in [0.2, 0.25) is 0 Å². The molecule has 2 aliphatic rings. The van der Waals surface area contributed by atoms with Crippen LogP contribution in [0.15, 0.2) is 0 Å². The van der Waals surface area contributed by atoms with Crippen molar-refractivity contribution in [2.24, 2.45) is 5.92 Å². The normalized spacial score (nSPS) is 34.2. The average Bonchev–Trinajstić information content (AvgIpc) is 2.53. The first-order chi connectivity index (χ1) is 5.85. The second kappa shape index (κ2) is 3.32. The molecule has 3 heteroatoms. The number of aliphatic hydroxyl groups excluding tert-OH is 1. The molecule has 1 atom stereocenters. The molecule has 2 rings (SSSR count). The van der Waals surface area contributed by atoms with E-state index in [-0.39, 0.29) is 12.4 Å². The van der Waals surface area contributed by atoms with Crippen LogP contribution in [0.5, 0.6) is 0 Å². The maximum absolute atomic E-state index is 9.02. The van der Waals surface area contributed by atoms with Gasteiger partial charge in [0.15, 0.2) is 5.79 Å². The van der Waals surface area contributed by atoms with Crippen LogP contribution < -0.4 is 0 Å². The van der Waals surface area contributed by atoms with Crippen molar-refractivity contribution in [1.82, 2.24) is 0 Å². The van der Waals surface area contributed by atoms with Crippen molar-refractivity contribution < 1.29 is 14.6 Å². The van der Waals surface area contributed by atoms with Gasteiger partial charge in [-0.2, -0.15) is 0 Å². The van der Waals surface area contributed by atoms with Crippen molar-refractivity contribution in [2.75, 3.05) is 19.8 Å². The van der Waals surface area contributed by atoms with Crippen molar-refractivity contribution in [3.63, 3.8) is 0 Å². The summed E-state index contributed by atoms with van der Waals surface area (Å²) in [6.45, 7) is 1.71. The smallest absolute Gasteiger partial charge is 0.168 e. The highest BCUT2D eigenvalue weighted by Crippen LogP contribution is 2.38. The van der Waals surface area contributed by atoms with Crippen molar-refractivity contribution in [3.8, 4) is 0 Å². The van der Waals surface area contributed by atoms with Gasteiger partial charge in [-0.1, -0.05) is 0 Å². The summed E-state index contributed by atoms with van der Waals surface area (Å²) >= 11 is 0. The topological polar surface area (TPSA) is 38.7 Å². The molecule has 1 heterocycles. The Balaban J connectivity index is 1.97. The minimum atomic E-state index is -0.314. The van der Waals surface area contributed by atoms with Crippen molar-refractivity contribution in [1.29, 1.82) is 0 Å². The first kappa shape index (κ1) is 8.48. The van der Waals surface area contributed by atoms with Crippen LogP contribution in [-0.2, 0) is 9.47 Å². The molecule has 12 heavy (non-hydrogen) atoms. The molecule has 1 saturated carbocycles. The third-order valence-corrected chi connectivity index (χ3v) is 2.84. The lowest BCUT2D eigenvalue weighted by Crippen LogP contribution is -2.37. The molecular formula is C9H16O3. The molecular weight excluding hydrogens is 156 g/mol. The Morgan fingerprint density at radius 2 is 2.08 bits per heavy atom. The number of hydrogen-bond donors (Lipinski definition) is 1. The zero-order valence-corrected chi connectivity index (χ0v) is 7.29. The molecule has 0 bridgehead atoms. The van der Waals surface area contributed by atoms with E-state index in [0.29, 0.717) is 5.92 Å². The van der Waals surface area contributed by atoms with Gasteiger partial charge in [0.1, 0.15) is 0 Å². The molecule has 1 N–H and O–H groups in total. The van der Waals surface area contributed by atoms with Crippen LogP contribution in [0.3, 0.4) is 0 Å². The molecule has 2 fully saturated rings. The van der Waals surface area contributed by atoms with E-state index in [2.05, 4.69) is 0 Å². The molecule has 0 aromatic carbocycles. The SMILES string of the molecule is OCC1CCCC2(C1)OCCO2. The summed E-state index contributed by atoms with van der Waals surface area (Å²) in [7, 11) is 0. The summed E-state index contributed by atoms with van der Waals surface area (Å²) in [5.41, 5.74) is 0. The maximum Gasteiger partial charge on any atom is 0.168 e. The quantitative estimate of drug-likeness (QED) is 0.639. The van der Waals surface area contributed by atoms with Gasteiger partial charge >= 0.3 is 0 Å². The van der Waals surface area contributed by atoms with Crippen LogP contribution in [0, 0.1) is 5.92 Å². The molecule has 0 amide bonds. The van der Waals surface area contributed by atoms with Gasteiger partial charge in [-0.05, 0) is 18.8 Å². The lowest BCUT2D eigenvalue weighted by molar-refractivity contribution is -0.189. The van der Waals surface area contributed by atoms with Crippen LogP contribution in [0.4, 0.5) is 0 Å². The van der Waals surface area contributed by atoms with E-state index in [1.54, 1.807) is 0 Å². The average molecular weight is 172 g/mol. The fraction of sp³-hybridized carbons (Fsp3) is 1.00. The van der Waals surface area contributed by atoms with E-state index in [1.807, 2.05) is 0 Å². The van der Waals surface area contributed by atoms with Gasteiger partial charge in [-0.15, -0.1) is 0 Å². The summed E-state index contributed by atoms with van der Waals surface area (Å²) < 4.78 is 11.2. The Kier molecular flexibility index (Phi) is 2.35. The van der Waals surface area contributed by atoms with Gasteiger partial charge in [0, 0.05) is 19.4 Å². The number of ether oxygens (including phenoxy) is 2. The molecule has 3 nitrogen and oxygen atoms in total. The lowest BCUT2D eigenvalue weighted by Gasteiger charge is -2.35. The molecule has 0 radical (unpaired) electrons.